The zero-order valence-corrected chi connectivity index (χ0v) is 8.27. The number of ketones is 1. The molecular formula is C9H10O3S. The van der Waals surface area contributed by atoms with E-state index in [1.54, 1.807) is 13.8 Å². The fourth-order valence-corrected chi connectivity index (χ4v) is 1.82. The van der Waals surface area contributed by atoms with Crippen LogP contribution < -0.4 is 5.43 Å². The van der Waals surface area contributed by atoms with Gasteiger partial charge in [-0.3, -0.25) is 9.59 Å². The fourth-order valence-electron chi connectivity index (χ4n) is 1.03. The molecule has 0 aliphatic heterocycles. The third-order valence-electron chi connectivity index (χ3n) is 1.65. The zero-order chi connectivity index (χ0) is 10.0. The summed E-state index contributed by atoms with van der Waals surface area (Å²) >= 11 is 1.05. The summed E-state index contributed by atoms with van der Waals surface area (Å²) in [6, 6.07) is 1.37. The van der Waals surface area contributed by atoms with Gasteiger partial charge in [-0.2, -0.15) is 0 Å². The molecule has 1 rings (SSSR count). The van der Waals surface area contributed by atoms with Gasteiger partial charge in [-0.05, 0) is 13.0 Å². The molecule has 4 heteroatoms. The Morgan fingerprint density at radius 1 is 1.62 bits per heavy atom. The second kappa shape index (κ2) is 3.70. The molecule has 0 atom stereocenters. The number of hydrogen-bond acceptors (Lipinski definition) is 4. The first-order chi connectivity index (χ1) is 6.06. The van der Waals surface area contributed by atoms with Gasteiger partial charge in [0.15, 0.2) is 16.3 Å². The van der Waals surface area contributed by atoms with Crippen LogP contribution in [0.1, 0.15) is 28.6 Å². The minimum Gasteiger partial charge on any atom is -0.499 e. The van der Waals surface area contributed by atoms with Crippen LogP contribution in [-0.2, 0) is 0 Å². The second-order valence-electron chi connectivity index (χ2n) is 2.68. The van der Waals surface area contributed by atoms with Crippen molar-refractivity contribution in [1.29, 1.82) is 0 Å². The quantitative estimate of drug-likeness (QED) is 0.736. The van der Waals surface area contributed by atoms with Gasteiger partial charge in [-0.15, -0.1) is 11.3 Å². The molecule has 0 bridgehead atoms. The molecular weight excluding hydrogens is 188 g/mol. The Bertz CT molecular complexity index is 392. The third-order valence-corrected chi connectivity index (χ3v) is 2.49. The van der Waals surface area contributed by atoms with E-state index in [1.165, 1.54) is 6.07 Å². The number of Topliss-reactive ketones (excluding diaryl/α,β-unsaturated/α-hetero) is 1. The van der Waals surface area contributed by atoms with E-state index in [-0.39, 0.29) is 28.3 Å². The SMILES string of the molecule is CCC(=O)c1c(O)sc(C)cc1=O. The summed E-state index contributed by atoms with van der Waals surface area (Å²) in [7, 11) is 0. The second-order valence-corrected chi connectivity index (χ2v) is 3.91. The molecule has 0 fully saturated rings. The van der Waals surface area contributed by atoms with Gasteiger partial charge >= 0.3 is 0 Å². The molecule has 13 heavy (non-hydrogen) atoms. The summed E-state index contributed by atoms with van der Waals surface area (Å²) in [6.45, 7) is 3.37. The minimum atomic E-state index is -0.388. The molecule has 1 aromatic rings. The number of carbonyl (C=O) groups excluding carboxylic acids is 1. The minimum absolute atomic E-state index is 0.0712. The molecule has 0 aliphatic carbocycles. The lowest BCUT2D eigenvalue weighted by atomic mass is 10.1. The first kappa shape index (κ1) is 9.92. The molecule has 3 nitrogen and oxygen atoms in total. The van der Waals surface area contributed by atoms with Crippen LogP contribution >= 0.6 is 11.3 Å². The van der Waals surface area contributed by atoms with Gasteiger partial charge in [0, 0.05) is 11.3 Å². The smallest absolute Gasteiger partial charge is 0.195 e. The lowest BCUT2D eigenvalue weighted by Crippen LogP contribution is -2.12. The molecule has 70 valence electrons. The lowest BCUT2D eigenvalue weighted by molar-refractivity contribution is 0.0985. The summed E-state index contributed by atoms with van der Waals surface area (Å²) in [4.78, 5) is 23.2. The van der Waals surface area contributed by atoms with E-state index in [2.05, 4.69) is 0 Å². The molecule has 0 spiro atoms. The van der Waals surface area contributed by atoms with E-state index in [0.29, 0.717) is 4.88 Å². The zero-order valence-electron chi connectivity index (χ0n) is 7.46. The van der Waals surface area contributed by atoms with Crippen LogP contribution in [0.15, 0.2) is 10.9 Å². The fraction of sp³-hybridized carbons (Fsp3) is 0.333. The van der Waals surface area contributed by atoms with Crippen LogP contribution in [-0.4, -0.2) is 10.9 Å². The van der Waals surface area contributed by atoms with E-state index in [4.69, 9.17) is 0 Å². The van der Waals surface area contributed by atoms with Crippen LogP contribution in [0.3, 0.4) is 0 Å². The third kappa shape index (κ3) is 1.95. The monoisotopic (exact) mass is 198 g/mol. The molecule has 0 saturated heterocycles. The maximum Gasteiger partial charge on any atom is 0.195 e. The molecule has 0 aromatic carbocycles. The maximum absolute atomic E-state index is 11.3. The van der Waals surface area contributed by atoms with Crippen LogP contribution in [0.2, 0.25) is 0 Å². The van der Waals surface area contributed by atoms with E-state index in [0.717, 1.165) is 11.3 Å². The summed E-state index contributed by atoms with van der Waals surface area (Å²) in [5.41, 5.74) is -0.460. The molecule has 0 amide bonds. The van der Waals surface area contributed by atoms with Crippen molar-refractivity contribution in [1.82, 2.24) is 0 Å². The lowest BCUT2D eigenvalue weighted by Gasteiger charge is -1.99. The van der Waals surface area contributed by atoms with E-state index in [9.17, 15) is 14.7 Å². The van der Waals surface area contributed by atoms with Crippen molar-refractivity contribution in [3.63, 3.8) is 0 Å². The molecule has 0 unspecified atom stereocenters. The highest BCUT2D eigenvalue weighted by Gasteiger charge is 2.14. The largest absolute Gasteiger partial charge is 0.499 e. The number of carbonyl (C=O) groups is 1. The standard InChI is InChI=1S/C9H10O3S/c1-3-6(10)8-7(11)4-5(2)13-9(8)12/h4,12H,3H2,1-2H3. The Morgan fingerprint density at radius 3 is 2.69 bits per heavy atom. The number of hydrogen-bond donors (Lipinski definition) is 1. The highest BCUT2D eigenvalue weighted by atomic mass is 32.1. The van der Waals surface area contributed by atoms with Crippen molar-refractivity contribution in [2.45, 2.75) is 20.3 Å². The number of rotatable bonds is 2. The van der Waals surface area contributed by atoms with Crippen molar-refractivity contribution in [3.05, 3.63) is 26.7 Å². The van der Waals surface area contributed by atoms with Crippen molar-refractivity contribution < 1.29 is 9.90 Å². The Kier molecular flexibility index (Phi) is 2.83. The predicted octanol–water partition coefficient (Wildman–Crippen LogP) is 1.72. The van der Waals surface area contributed by atoms with Gasteiger partial charge in [0.1, 0.15) is 5.56 Å². The average molecular weight is 198 g/mol. The van der Waals surface area contributed by atoms with Gasteiger partial charge in [-0.1, -0.05) is 6.92 Å². The van der Waals surface area contributed by atoms with Gasteiger partial charge in [0.2, 0.25) is 0 Å². The summed E-state index contributed by atoms with van der Waals surface area (Å²) < 4.78 is 0. The molecule has 1 N–H and O–H groups in total. The summed E-state index contributed by atoms with van der Waals surface area (Å²) in [5, 5.41) is 9.20. The van der Waals surface area contributed by atoms with Gasteiger partial charge < -0.3 is 5.11 Å². The molecule has 0 saturated carbocycles. The topological polar surface area (TPSA) is 54.4 Å². The summed E-state index contributed by atoms with van der Waals surface area (Å²) in [5.74, 6) is -0.307. The Hall–Kier alpha value is -1.16. The Morgan fingerprint density at radius 2 is 2.23 bits per heavy atom. The van der Waals surface area contributed by atoms with Gasteiger partial charge in [-0.25, -0.2) is 0 Å². The number of aromatic hydroxyl groups is 1. The molecule has 0 aliphatic rings. The van der Waals surface area contributed by atoms with Crippen molar-refractivity contribution in [2.24, 2.45) is 0 Å². The molecule has 1 aromatic heterocycles. The van der Waals surface area contributed by atoms with Crippen molar-refractivity contribution >= 4 is 17.1 Å². The first-order valence-corrected chi connectivity index (χ1v) is 4.74. The maximum atomic E-state index is 11.3. The van der Waals surface area contributed by atoms with Crippen molar-refractivity contribution in [2.75, 3.05) is 0 Å². The van der Waals surface area contributed by atoms with E-state index in [1.807, 2.05) is 0 Å². The predicted molar refractivity (Wildman–Crippen MR) is 51.6 cm³/mol. The normalized spacial score (nSPS) is 10.0. The summed E-state index contributed by atoms with van der Waals surface area (Å²) in [6.07, 6.45) is 0.235. The highest BCUT2D eigenvalue weighted by molar-refractivity contribution is 7.13. The first-order valence-electron chi connectivity index (χ1n) is 3.93. The Balaban J connectivity index is 3.38. The van der Waals surface area contributed by atoms with Gasteiger partial charge in [0.05, 0.1) is 0 Å². The Labute approximate surface area is 79.7 Å². The van der Waals surface area contributed by atoms with E-state index < -0.39 is 0 Å². The van der Waals surface area contributed by atoms with Crippen LogP contribution in [0.5, 0.6) is 5.06 Å². The molecule has 0 radical (unpaired) electrons. The average Bonchev–Trinajstić information content (AvgIpc) is 2.02. The van der Waals surface area contributed by atoms with Crippen LogP contribution in [0.25, 0.3) is 0 Å². The number of aryl methyl sites for hydroxylation is 1. The van der Waals surface area contributed by atoms with E-state index >= 15 is 0 Å². The highest BCUT2D eigenvalue weighted by Crippen LogP contribution is 2.22. The van der Waals surface area contributed by atoms with Crippen molar-refractivity contribution in [3.8, 4) is 5.06 Å². The molecule has 1 heterocycles. The van der Waals surface area contributed by atoms with Gasteiger partial charge in [0.25, 0.3) is 0 Å². The van der Waals surface area contributed by atoms with Crippen LogP contribution in [0, 0.1) is 6.92 Å². The van der Waals surface area contributed by atoms with Crippen LogP contribution in [0.4, 0.5) is 0 Å².